The molecule has 16 heavy (non-hydrogen) atoms. The zero-order valence-electron chi connectivity index (χ0n) is 9.12. The molecule has 0 fully saturated rings. The highest BCUT2D eigenvalue weighted by molar-refractivity contribution is 5.97. The van der Waals surface area contributed by atoms with Gasteiger partial charge < -0.3 is 15.5 Å². The van der Waals surface area contributed by atoms with Crippen LogP contribution in [0.3, 0.4) is 0 Å². The van der Waals surface area contributed by atoms with E-state index in [4.69, 9.17) is 5.11 Å². The highest BCUT2D eigenvalue weighted by atomic mass is 19.1. The summed E-state index contributed by atoms with van der Waals surface area (Å²) in [6.45, 7) is 2.89. The van der Waals surface area contributed by atoms with Crippen LogP contribution in [0, 0.1) is 5.82 Å². The molecular formula is C11H14FNO3. The molecule has 0 heterocycles. The summed E-state index contributed by atoms with van der Waals surface area (Å²) in [4.78, 5) is 11.6. The van der Waals surface area contributed by atoms with Crippen molar-refractivity contribution in [3.8, 4) is 5.75 Å². The number of benzene rings is 1. The van der Waals surface area contributed by atoms with Crippen molar-refractivity contribution in [2.75, 3.05) is 6.61 Å². The number of hydrogen-bond acceptors (Lipinski definition) is 3. The van der Waals surface area contributed by atoms with Crippen LogP contribution < -0.4 is 5.32 Å². The lowest BCUT2D eigenvalue weighted by molar-refractivity contribution is 0.0862. The van der Waals surface area contributed by atoms with Gasteiger partial charge in [0.25, 0.3) is 5.91 Å². The van der Waals surface area contributed by atoms with E-state index in [9.17, 15) is 14.3 Å². The van der Waals surface area contributed by atoms with Gasteiger partial charge >= 0.3 is 0 Å². The molecule has 4 nitrogen and oxygen atoms in total. The second-order valence-corrected chi connectivity index (χ2v) is 4.13. The molecule has 1 aromatic rings. The molecule has 0 aliphatic heterocycles. The van der Waals surface area contributed by atoms with Crippen LogP contribution in [0.5, 0.6) is 5.75 Å². The summed E-state index contributed by atoms with van der Waals surface area (Å²) < 4.78 is 13.3. The third-order valence-electron chi connectivity index (χ3n) is 2.07. The van der Waals surface area contributed by atoms with Crippen LogP contribution in [0.25, 0.3) is 0 Å². The predicted molar refractivity (Wildman–Crippen MR) is 56.7 cm³/mol. The smallest absolute Gasteiger partial charge is 0.258 e. The number of amides is 1. The van der Waals surface area contributed by atoms with E-state index in [0.717, 1.165) is 6.07 Å². The van der Waals surface area contributed by atoms with Crippen molar-refractivity contribution < 1.29 is 19.4 Å². The molecule has 0 atom stereocenters. The maximum absolute atomic E-state index is 13.3. The van der Waals surface area contributed by atoms with Crippen molar-refractivity contribution in [2.24, 2.45) is 0 Å². The first kappa shape index (κ1) is 12.4. The molecule has 0 unspecified atom stereocenters. The average molecular weight is 227 g/mol. The molecule has 0 radical (unpaired) electrons. The first-order valence-corrected chi connectivity index (χ1v) is 4.78. The van der Waals surface area contributed by atoms with Crippen LogP contribution >= 0.6 is 0 Å². The molecule has 0 saturated carbocycles. The summed E-state index contributed by atoms with van der Waals surface area (Å²) >= 11 is 0. The molecule has 5 heteroatoms. The highest BCUT2D eigenvalue weighted by Crippen LogP contribution is 2.20. The number of carbonyl (C=O) groups is 1. The maximum Gasteiger partial charge on any atom is 0.258 e. The summed E-state index contributed by atoms with van der Waals surface area (Å²) in [6, 6.07) is 3.61. The SMILES string of the molecule is CC(C)(CO)NC(=O)c1c(O)cccc1F. The molecule has 0 saturated heterocycles. The standard InChI is InChI=1S/C11H14FNO3/c1-11(2,6-14)13-10(16)9-7(12)4-3-5-8(9)15/h3-5,14-15H,6H2,1-2H3,(H,13,16). The summed E-state index contributed by atoms with van der Waals surface area (Å²) in [5.41, 5.74) is -1.28. The molecule has 1 amide bonds. The molecule has 0 spiro atoms. The average Bonchev–Trinajstić information content (AvgIpc) is 2.16. The Balaban J connectivity index is 2.98. The molecule has 3 N–H and O–H groups in total. The van der Waals surface area contributed by atoms with Gasteiger partial charge in [0.2, 0.25) is 0 Å². The van der Waals surface area contributed by atoms with Crippen molar-refractivity contribution in [1.82, 2.24) is 5.32 Å². The van der Waals surface area contributed by atoms with Crippen LogP contribution in [0.4, 0.5) is 4.39 Å². The number of phenols is 1. The van der Waals surface area contributed by atoms with E-state index in [1.807, 2.05) is 0 Å². The number of aliphatic hydroxyl groups excluding tert-OH is 1. The Bertz CT molecular complexity index is 384. The van der Waals surface area contributed by atoms with Gasteiger partial charge in [-0.05, 0) is 26.0 Å². The van der Waals surface area contributed by atoms with E-state index in [0.29, 0.717) is 0 Å². The van der Waals surface area contributed by atoms with Crippen molar-refractivity contribution in [2.45, 2.75) is 19.4 Å². The number of halogens is 1. The van der Waals surface area contributed by atoms with Gasteiger partial charge in [-0.15, -0.1) is 0 Å². The van der Waals surface area contributed by atoms with Crippen molar-refractivity contribution in [3.63, 3.8) is 0 Å². The van der Waals surface area contributed by atoms with E-state index < -0.39 is 28.6 Å². The zero-order valence-corrected chi connectivity index (χ0v) is 9.12. The molecule has 1 rings (SSSR count). The molecular weight excluding hydrogens is 213 g/mol. The molecule has 0 aliphatic carbocycles. The number of rotatable bonds is 3. The van der Waals surface area contributed by atoms with Crippen molar-refractivity contribution >= 4 is 5.91 Å². The topological polar surface area (TPSA) is 69.6 Å². The molecule has 1 aromatic carbocycles. The molecule has 0 aliphatic rings. The van der Waals surface area contributed by atoms with Gasteiger partial charge in [-0.3, -0.25) is 4.79 Å². The van der Waals surface area contributed by atoms with E-state index >= 15 is 0 Å². The first-order chi connectivity index (χ1) is 7.37. The fourth-order valence-corrected chi connectivity index (χ4v) is 1.15. The number of nitrogens with one attached hydrogen (secondary N) is 1. The van der Waals surface area contributed by atoms with Gasteiger partial charge in [0.05, 0.1) is 12.1 Å². The van der Waals surface area contributed by atoms with E-state index in [-0.39, 0.29) is 6.61 Å². The minimum Gasteiger partial charge on any atom is -0.507 e. The lowest BCUT2D eigenvalue weighted by Crippen LogP contribution is -2.46. The normalized spacial score (nSPS) is 11.2. The van der Waals surface area contributed by atoms with Gasteiger partial charge in [0, 0.05) is 0 Å². The van der Waals surface area contributed by atoms with Gasteiger partial charge in [-0.2, -0.15) is 0 Å². The zero-order chi connectivity index (χ0) is 12.3. The van der Waals surface area contributed by atoms with Gasteiger partial charge in [0.15, 0.2) is 0 Å². The predicted octanol–water partition coefficient (Wildman–Crippen LogP) is 1.03. The minimum atomic E-state index is -0.869. The second kappa shape index (κ2) is 4.49. The largest absolute Gasteiger partial charge is 0.507 e. The number of aliphatic hydroxyl groups is 1. The van der Waals surface area contributed by atoms with Gasteiger partial charge in [-0.25, -0.2) is 4.39 Å². The minimum absolute atomic E-state index is 0.284. The van der Waals surface area contributed by atoms with Gasteiger partial charge in [-0.1, -0.05) is 6.07 Å². The lowest BCUT2D eigenvalue weighted by atomic mass is 10.1. The first-order valence-electron chi connectivity index (χ1n) is 4.78. The number of carbonyl (C=O) groups excluding carboxylic acids is 1. The second-order valence-electron chi connectivity index (χ2n) is 4.13. The highest BCUT2D eigenvalue weighted by Gasteiger charge is 2.23. The summed E-state index contributed by atoms with van der Waals surface area (Å²) in [5, 5.41) is 20.7. The molecule has 0 bridgehead atoms. The van der Waals surface area contributed by atoms with E-state index in [2.05, 4.69) is 5.32 Å². The third-order valence-corrected chi connectivity index (χ3v) is 2.07. The summed E-state index contributed by atoms with van der Waals surface area (Å²) in [5.74, 6) is -1.98. The van der Waals surface area contributed by atoms with Crippen LogP contribution in [0.1, 0.15) is 24.2 Å². The fraction of sp³-hybridized carbons (Fsp3) is 0.364. The van der Waals surface area contributed by atoms with E-state index in [1.165, 1.54) is 12.1 Å². The van der Waals surface area contributed by atoms with Crippen LogP contribution in [-0.4, -0.2) is 28.3 Å². The Morgan fingerprint density at radius 2 is 2.12 bits per heavy atom. The fourth-order valence-electron chi connectivity index (χ4n) is 1.15. The Morgan fingerprint density at radius 1 is 1.50 bits per heavy atom. The molecule has 0 aromatic heterocycles. The van der Waals surface area contributed by atoms with Gasteiger partial charge in [0.1, 0.15) is 17.1 Å². The lowest BCUT2D eigenvalue weighted by Gasteiger charge is -2.23. The Hall–Kier alpha value is -1.62. The Kier molecular flexibility index (Phi) is 3.49. The maximum atomic E-state index is 13.3. The van der Waals surface area contributed by atoms with Crippen molar-refractivity contribution in [3.05, 3.63) is 29.6 Å². The number of phenolic OH excluding ortho intramolecular Hbond substituents is 1. The van der Waals surface area contributed by atoms with Crippen LogP contribution in [0.2, 0.25) is 0 Å². The monoisotopic (exact) mass is 227 g/mol. The summed E-state index contributed by atoms with van der Waals surface area (Å²) in [7, 11) is 0. The van der Waals surface area contributed by atoms with Crippen LogP contribution in [-0.2, 0) is 0 Å². The third kappa shape index (κ3) is 2.70. The van der Waals surface area contributed by atoms with Crippen molar-refractivity contribution in [1.29, 1.82) is 0 Å². The molecule has 88 valence electrons. The Morgan fingerprint density at radius 3 is 2.62 bits per heavy atom. The quantitative estimate of drug-likeness (QED) is 0.722. The van der Waals surface area contributed by atoms with Crippen LogP contribution in [0.15, 0.2) is 18.2 Å². The van der Waals surface area contributed by atoms with E-state index in [1.54, 1.807) is 13.8 Å². The number of hydrogen-bond donors (Lipinski definition) is 3. The summed E-state index contributed by atoms with van der Waals surface area (Å²) in [6.07, 6.45) is 0. The Labute approximate surface area is 92.7 Å². The number of aromatic hydroxyl groups is 1.